The monoisotopic (exact) mass is 282 g/mol. The van der Waals surface area contributed by atoms with E-state index in [4.69, 9.17) is 22.1 Å². The average molecular weight is 283 g/mol. The fraction of sp³-hybridized carbons (Fsp3) is 0.500. The molecular weight excluding hydrogens is 264 g/mol. The predicted octanol–water partition coefficient (Wildman–Crippen LogP) is 1.32. The molecular formula is C14H19ClN2O2. The molecule has 1 fully saturated rings. The van der Waals surface area contributed by atoms with Gasteiger partial charge in [-0.1, -0.05) is 29.8 Å². The number of hydrogen-bond donors (Lipinski definition) is 1. The molecule has 1 saturated heterocycles. The highest BCUT2D eigenvalue weighted by atomic mass is 35.5. The molecule has 0 bridgehead atoms. The zero-order valence-corrected chi connectivity index (χ0v) is 11.6. The van der Waals surface area contributed by atoms with Gasteiger partial charge in [0.15, 0.2) is 0 Å². The number of rotatable bonds is 4. The van der Waals surface area contributed by atoms with Crippen LogP contribution in [0.25, 0.3) is 0 Å². The minimum Gasteiger partial charge on any atom is -0.380 e. The number of amides is 1. The van der Waals surface area contributed by atoms with Crippen LogP contribution < -0.4 is 5.73 Å². The highest BCUT2D eigenvalue weighted by Crippen LogP contribution is 2.20. The molecule has 0 saturated carbocycles. The van der Waals surface area contributed by atoms with Crippen LogP contribution in [0.4, 0.5) is 0 Å². The molecule has 0 unspecified atom stereocenters. The Kier molecular flexibility index (Phi) is 5.19. The fourth-order valence-corrected chi connectivity index (χ4v) is 2.63. The lowest BCUT2D eigenvalue weighted by Gasteiger charge is -2.22. The van der Waals surface area contributed by atoms with Crippen molar-refractivity contribution in [1.29, 1.82) is 0 Å². The van der Waals surface area contributed by atoms with E-state index in [9.17, 15) is 4.79 Å². The second-order valence-corrected chi connectivity index (χ2v) is 5.35. The molecule has 5 heteroatoms. The normalized spacial score (nSPS) is 21.0. The minimum absolute atomic E-state index is 0.293. The summed E-state index contributed by atoms with van der Waals surface area (Å²) >= 11 is 6.18. The summed E-state index contributed by atoms with van der Waals surface area (Å²) in [6.07, 6.45) is 0.856. The molecule has 1 amide bonds. The smallest absolute Gasteiger partial charge is 0.231 e. The van der Waals surface area contributed by atoms with E-state index < -0.39 is 0 Å². The maximum Gasteiger partial charge on any atom is 0.231 e. The van der Waals surface area contributed by atoms with Crippen LogP contribution in [-0.4, -0.2) is 43.7 Å². The second kappa shape index (κ2) is 6.89. The lowest BCUT2D eigenvalue weighted by Crippen LogP contribution is -2.37. The Morgan fingerprint density at radius 3 is 3.00 bits per heavy atom. The number of ether oxygens (including phenoxy) is 1. The third-order valence-electron chi connectivity index (χ3n) is 3.27. The van der Waals surface area contributed by atoms with E-state index in [1.165, 1.54) is 0 Å². The summed E-state index contributed by atoms with van der Waals surface area (Å²) in [5.74, 6) is 0.0418. The minimum atomic E-state index is -0.293. The van der Waals surface area contributed by atoms with Gasteiger partial charge < -0.3 is 10.5 Å². The lowest BCUT2D eigenvalue weighted by atomic mass is 9.99. The van der Waals surface area contributed by atoms with Crippen molar-refractivity contribution in [1.82, 2.24) is 4.90 Å². The largest absolute Gasteiger partial charge is 0.380 e. The van der Waals surface area contributed by atoms with Crippen LogP contribution in [0.2, 0.25) is 5.02 Å². The van der Waals surface area contributed by atoms with Crippen LogP contribution in [0.1, 0.15) is 5.56 Å². The van der Waals surface area contributed by atoms with Gasteiger partial charge in [-0.2, -0.15) is 0 Å². The number of carbonyl (C=O) groups is 1. The molecule has 1 aliphatic rings. The maximum atomic E-state index is 11.0. The first-order valence-electron chi connectivity index (χ1n) is 6.47. The van der Waals surface area contributed by atoms with Gasteiger partial charge in [-0.3, -0.25) is 9.69 Å². The van der Waals surface area contributed by atoms with Crippen molar-refractivity contribution in [2.45, 2.75) is 6.42 Å². The van der Waals surface area contributed by atoms with Gasteiger partial charge in [0.25, 0.3) is 0 Å². The van der Waals surface area contributed by atoms with Gasteiger partial charge >= 0.3 is 0 Å². The van der Waals surface area contributed by atoms with Crippen LogP contribution >= 0.6 is 11.6 Å². The van der Waals surface area contributed by atoms with Crippen LogP contribution in [-0.2, 0) is 16.0 Å². The summed E-state index contributed by atoms with van der Waals surface area (Å²) in [7, 11) is 0. The van der Waals surface area contributed by atoms with Crippen LogP contribution in [0, 0.1) is 5.92 Å². The van der Waals surface area contributed by atoms with Gasteiger partial charge in [0.05, 0.1) is 19.8 Å². The van der Waals surface area contributed by atoms with Crippen LogP contribution in [0.5, 0.6) is 0 Å². The SMILES string of the molecule is NC(=O)CN1CCOC[C@@H](Cc2ccccc2Cl)C1. The van der Waals surface area contributed by atoms with E-state index in [1.54, 1.807) is 0 Å². The molecule has 0 aliphatic carbocycles. The zero-order valence-electron chi connectivity index (χ0n) is 10.8. The van der Waals surface area contributed by atoms with Gasteiger partial charge in [0.2, 0.25) is 5.91 Å². The molecule has 0 radical (unpaired) electrons. The number of halogens is 1. The summed E-state index contributed by atoms with van der Waals surface area (Å²) in [5, 5.41) is 0.785. The van der Waals surface area contributed by atoms with E-state index >= 15 is 0 Å². The van der Waals surface area contributed by atoms with E-state index in [0.717, 1.165) is 30.1 Å². The van der Waals surface area contributed by atoms with Crippen molar-refractivity contribution >= 4 is 17.5 Å². The summed E-state index contributed by atoms with van der Waals surface area (Å²) in [5.41, 5.74) is 6.38. The highest BCUT2D eigenvalue weighted by molar-refractivity contribution is 6.31. The van der Waals surface area contributed by atoms with Crippen molar-refractivity contribution in [2.24, 2.45) is 11.7 Å². The number of nitrogens with zero attached hydrogens (tertiary/aromatic N) is 1. The van der Waals surface area contributed by atoms with Crippen LogP contribution in [0.15, 0.2) is 24.3 Å². The quantitative estimate of drug-likeness (QED) is 0.906. The van der Waals surface area contributed by atoms with Crippen molar-refractivity contribution in [3.8, 4) is 0 Å². The van der Waals surface area contributed by atoms with E-state index in [0.29, 0.717) is 25.7 Å². The molecule has 104 valence electrons. The number of hydrogen-bond acceptors (Lipinski definition) is 3. The number of nitrogens with two attached hydrogens (primary N) is 1. The van der Waals surface area contributed by atoms with Gasteiger partial charge in [-0.05, 0) is 24.0 Å². The Morgan fingerprint density at radius 1 is 1.47 bits per heavy atom. The third kappa shape index (κ3) is 4.49. The van der Waals surface area contributed by atoms with Crippen LogP contribution in [0.3, 0.4) is 0 Å². The topological polar surface area (TPSA) is 55.6 Å². The lowest BCUT2D eigenvalue weighted by molar-refractivity contribution is -0.119. The molecule has 4 nitrogen and oxygen atoms in total. The highest BCUT2D eigenvalue weighted by Gasteiger charge is 2.20. The summed E-state index contributed by atoms with van der Waals surface area (Å²) in [6, 6.07) is 7.84. The van der Waals surface area contributed by atoms with Gasteiger partial charge in [-0.25, -0.2) is 0 Å². The first kappa shape index (κ1) is 14.3. The first-order chi connectivity index (χ1) is 9.15. The van der Waals surface area contributed by atoms with Crippen molar-refractivity contribution < 1.29 is 9.53 Å². The molecule has 1 heterocycles. The molecule has 2 N–H and O–H groups in total. The number of carbonyl (C=O) groups excluding carboxylic acids is 1. The fourth-order valence-electron chi connectivity index (χ4n) is 2.42. The molecule has 1 aromatic carbocycles. The van der Waals surface area contributed by atoms with E-state index in [1.807, 2.05) is 24.3 Å². The van der Waals surface area contributed by atoms with E-state index in [2.05, 4.69) is 4.90 Å². The maximum absolute atomic E-state index is 11.0. The van der Waals surface area contributed by atoms with Gasteiger partial charge in [-0.15, -0.1) is 0 Å². The molecule has 0 aromatic heterocycles. The average Bonchev–Trinajstić information content (AvgIpc) is 2.57. The van der Waals surface area contributed by atoms with E-state index in [-0.39, 0.29) is 5.91 Å². The molecule has 1 aliphatic heterocycles. The Morgan fingerprint density at radius 2 is 2.26 bits per heavy atom. The molecule has 0 spiro atoms. The number of benzene rings is 1. The molecule has 1 atom stereocenters. The zero-order chi connectivity index (χ0) is 13.7. The Hall–Kier alpha value is -1.10. The predicted molar refractivity (Wildman–Crippen MR) is 75.1 cm³/mol. The van der Waals surface area contributed by atoms with Crippen molar-refractivity contribution in [2.75, 3.05) is 32.8 Å². The molecule has 1 aromatic rings. The third-order valence-corrected chi connectivity index (χ3v) is 3.64. The van der Waals surface area contributed by atoms with Gasteiger partial charge in [0, 0.05) is 18.1 Å². The van der Waals surface area contributed by atoms with Crippen molar-refractivity contribution in [3.63, 3.8) is 0 Å². The Bertz CT molecular complexity index is 439. The summed E-state index contributed by atoms with van der Waals surface area (Å²) in [4.78, 5) is 13.1. The number of primary amides is 1. The Labute approximate surface area is 118 Å². The summed E-state index contributed by atoms with van der Waals surface area (Å²) in [6.45, 7) is 3.20. The first-order valence-corrected chi connectivity index (χ1v) is 6.84. The summed E-state index contributed by atoms with van der Waals surface area (Å²) < 4.78 is 5.59. The Balaban J connectivity index is 1.98. The standard InChI is InChI=1S/C14H19ClN2O2/c15-13-4-2-1-3-12(13)7-11-8-17(9-14(16)18)5-6-19-10-11/h1-4,11H,5-10H2,(H2,16,18)/t11-/m0/s1. The second-order valence-electron chi connectivity index (χ2n) is 4.94. The molecule has 2 rings (SSSR count). The molecule has 19 heavy (non-hydrogen) atoms. The van der Waals surface area contributed by atoms with Crippen molar-refractivity contribution in [3.05, 3.63) is 34.9 Å². The van der Waals surface area contributed by atoms with Gasteiger partial charge in [0.1, 0.15) is 0 Å².